The smallest absolute Gasteiger partial charge is 0.246 e. The molecule has 2 aromatic carbocycles. The van der Waals surface area contributed by atoms with Crippen LogP contribution in [-0.4, -0.2) is 53.2 Å². The standard InChI is InChI=1S/C28H28N4O4/c1-31-26(18-8-6-5-7-9-18)21(25-27(31)29-17-30-28(25)36-4)10-11-24(33)32-13-12-19-14-22(34-2)23(35-3)15-20(19)16-32/h5-11,14-15,17H,12-13,16H2,1-4H3/b11-10+. The number of fused-ring (bicyclic) bond motifs is 2. The Bertz CT molecular complexity index is 1460. The van der Waals surface area contributed by atoms with E-state index in [2.05, 4.69) is 9.97 Å². The van der Waals surface area contributed by atoms with E-state index in [4.69, 9.17) is 14.2 Å². The normalized spacial score (nSPS) is 13.2. The van der Waals surface area contributed by atoms with Crippen LogP contribution in [0, 0.1) is 0 Å². The second-order valence-corrected chi connectivity index (χ2v) is 8.59. The lowest BCUT2D eigenvalue weighted by atomic mass is 9.98. The van der Waals surface area contributed by atoms with Gasteiger partial charge in [0, 0.05) is 31.8 Å². The summed E-state index contributed by atoms with van der Waals surface area (Å²) in [5.74, 6) is 1.77. The molecule has 0 atom stereocenters. The Morgan fingerprint density at radius 3 is 2.39 bits per heavy atom. The lowest BCUT2D eigenvalue weighted by molar-refractivity contribution is -0.126. The molecule has 0 bridgehead atoms. The van der Waals surface area contributed by atoms with Crippen molar-refractivity contribution in [3.05, 3.63) is 71.6 Å². The zero-order valence-electron chi connectivity index (χ0n) is 20.8. The van der Waals surface area contributed by atoms with Crippen molar-refractivity contribution in [2.45, 2.75) is 13.0 Å². The van der Waals surface area contributed by atoms with Gasteiger partial charge in [-0.2, -0.15) is 0 Å². The average molecular weight is 485 g/mol. The molecule has 5 rings (SSSR count). The van der Waals surface area contributed by atoms with Crippen LogP contribution in [-0.2, 0) is 24.8 Å². The minimum Gasteiger partial charge on any atom is -0.493 e. The summed E-state index contributed by atoms with van der Waals surface area (Å²) >= 11 is 0. The molecule has 1 aliphatic rings. The van der Waals surface area contributed by atoms with Crippen molar-refractivity contribution in [1.29, 1.82) is 0 Å². The molecule has 0 fully saturated rings. The van der Waals surface area contributed by atoms with Crippen molar-refractivity contribution in [3.8, 4) is 28.6 Å². The third-order valence-corrected chi connectivity index (χ3v) is 6.63. The molecule has 0 N–H and O–H groups in total. The van der Waals surface area contributed by atoms with Gasteiger partial charge in [-0.1, -0.05) is 30.3 Å². The molecule has 8 nitrogen and oxygen atoms in total. The van der Waals surface area contributed by atoms with Crippen molar-refractivity contribution in [1.82, 2.24) is 19.4 Å². The molecule has 184 valence electrons. The van der Waals surface area contributed by atoms with Gasteiger partial charge in [0.05, 0.1) is 32.4 Å². The van der Waals surface area contributed by atoms with Crippen LogP contribution >= 0.6 is 0 Å². The fourth-order valence-corrected chi connectivity index (χ4v) is 4.85. The van der Waals surface area contributed by atoms with Crippen LogP contribution in [0.15, 0.2) is 54.9 Å². The van der Waals surface area contributed by atoms with Crippen LogP contribution in [0.2, 0.25) is 0 Å². The fourth-order valence-electron chi connectivity index (χ4n) is 4.85. The number of hydrogen-bond acceptors (Lipinski definition) is 6. The molecule has 8 heteroatoms. The topological polar surface area (TPSA) is 78.7 Å². The van der Waals surface area contributed by atoms with E-state index in [-0.39, 0.29) is 5.91 Å². The highest BCUT2D eigenvalue weighted by molar-refractivity contribution is 6.02. The van der Waals surface area contributed by atoms with E-state index in [0.717, 1.165) is 39.8 Å². The maximum absolute atomic E-state index is 13.3. The number of rotatable bonds is 6. The Morgan fingerprint density at radius 2 is 1.69 bits per heavy atom. The Hall–Kier alpha value is -4.33. The van der Waals surface area contributed by atoms with E-state index < -0.39 is 0 Å². The van der Waals surface area contributed by atoms with Crippen LogP contribution < -0.4 is 14.2 Å². The van der Waals surface area contributed by atoms with Gasteiger partial charge < -0.3 is 23.7 Å². The van der Waals surface area contributed by atoms with Gasteiger partial charge in [-0.3, -0.25) is 4.79 Å². The third-order valence-electron chi connectivity index (χ3n) is 6.63. The van der Waals surface area contributed by atoms with E-state index in [9.17, 15) is 4.79 Å². The van der Waals surface area contributed by atoms with Crippen molar-refractivity contribution in [2.75, 3.05) is 27.9 Å². The van der Waals surface area contributed by atoms with Gasteiger partial charge >= 0.3 is 0 Å². The van der Waals surface area contributed by atoms with Crippen LogP contribution in [0.1, 0.15) is 16.7 Å². The van der Waals surface area contributed by atoms with Crippen molar-refractivity contribution < 1.29 is 19.0 Å². The summed E-state index contributed by atoms with van der Waals surface area (Å²) in [6, 6.07) is 14.0. The average Bonchev–Trinajstić information content (AvgIpc) is 3.22. The van der Waals surface area contributed by atoms with Gasteiger partial charge in [0.2, 0.25) is 11.8 Å². The minimum absolute atomic E-state index is 0.0673. The van der Waals surface area contributed by atoms with Crippen LogP contribution in [0.3, 0.4) is 0 Å². The monoisotopic (exact) mass is 484 g/mol. The number of carbonyl (C=O) groups excluding carboxylic acids is 1. The number of carbonyl (C=O) groups is 1. The van der Waals surface area contributed by atoms with Crippen LogP contribution in [0.25, 0.3) is 28.4 Å². The highest BCUT2D eigenvalue weighted by atomic mass is 16.5. The number of benzene rings is 2. The highest BCUT2D eigenvalue weighted by Gasteiger charge is 2.23. The Morgan fingerprint density at radius 1 is 0.972 bits per heavy atom. The molecular weight excluding hydrogens is 456 g/mol. The number of amides is 1. The quantitative estimate of drug-likeness (QED) is 0.381. The van der Waals surface area contributed by atoms with E-state index in [1.807, 2.05) is 65.1 Å². The summed E-state index contributed by atoms with van der Waals surface area (Å²) in [5.41, 5.74) is 5.76. The summed E-state index contributed by atoms with van der Waals surface area (Å²) in [7, 11) is 6.79. The maximum Gasteiger partial charge on any atom is 0.246 e. The molecule has 2 aromatic heterocycles. The number of aromatic nitrogens is 3. The van der Waals surface area contributed by atoms with Gasteiger partial charge in [0.1, 0.15) is 12.0 Å². The Labute approximate surface area is 209 Å². The predicted molar refractivity (Wildman–Crippen MR) is 138 cm³/mol. The van der Waals surface area contributed by atoms with E-state index in [1.165, 1.54) is 11.9 Å². The molecule has 1 amide bonds. The largest absolute Gasteiger partial charge is 0.493 e. The molecule has 0 saturated carbocycles. The number of nitrogens with zero attached hydrogens (tertiary/aromatic N) is 4. The third kappa shape index (κ3) is 4.04. The summed E-state index contributed by atoms with van der Waals surface area (Å²) in [5, 5.41) is 0.770. The molecule has 0 radical (unpaired) electrons. The Kier molecular flexibility index (Phi) is 6.33. The van der Waals surface area contributed by atoms with Gasteiger partial charge in [-0.15, -0.1) is 0 Å². The summed E-state index contributed by atoms with van der Waals surface area (Å²) < 4.78 is 18.5. The van der Waals surface area contributed by atoms with Gasteiger partial charge in [0.25, 0.3) is 0 Å². The SMILES string of the molecule is COc1cc2c(cc1OC)CN(C(=O)/C=C/c1c(-c3ccccc3)n(C)c3ncnc(OC)c13)CC2. The first-order chi connectivity index (χ1) is 17.5. The lowest BCUT2D eigenvalue weighted by Crippen LogP contribution is -2.34. The molecule has 3 heterocycles. The van der Waals surface area contributed by atoms with E-state index >= 15 is 0 Å². The zero-order valence-corrected chi connectivity index (χ0v) is 20.8. The summed E-state index contributed by atoms with van der Waals surface area (Å²) in [6.07, 6.45) is 5.71. The zero-order chi connectivity index (χ0) is 25.2. The molecule has 0 saturated heterocycles. The summed E-state index contributed by atoms with van der Waals surface area (Å²) in [6.45, 7) is 1.13. The lowest BCUT2D eigenvalue weighted by Gasteiger charge is -2.28. The van der Waals surface area contributed by atoms with Gasteiger partial charge in [-0.05, 0) is 41.3 Å². The van der Waals surface area contributed by atoms with Crippen LogP contribution in [0.4, 0.5) is 0 Å². The van der Waals surface area contributed by atoms with Crippen molar-refractivity contribution >= 4 is 23.0 Å². The molecule has 4 aromatic rings. The highest BCUT2D eigenvalue weighted by Crippen LogP contribution is 2.37. The van der Waals surface area contributed by atoms with Crippen LogP contribution in [0.5, 0.6) is 17.4 Å². The minimum atomic E-state index is -0.0673. The molecular formula is C28H28N4O4. The maximum atomic E-state index is 13.3. The summed E-state index contributed by atoms with van der Waals surface area (Å²) in [4.78, 5) is 24.0. The molecule has 36 heavy (non-hydrogen) atoms. The van der Waals surface area contributed by atoms with E-state index in [1.54, 1.807) is 27.4 Å². The van der Waals surface area contributed by atoms with Crippen molar-refractivity contribution in [3.63, 3.8) is 0 Å². The molecule has 0 unspecified atom stereocenters. The first-order valence-electron chi connectivity index (χ1n) is 11.7. The van der Waals surface area contributed by atoms with Crippen molar-refractivity contribution in [2.24, 2.45) is 7.05 Å². The second-order valence-electron chi connectivity index (χ2n) is 8.59. The first kappa shape index (κ1) is 23.4. The molecule has 0 aliphatic carbocycles. The number of methoxy groups -OCH3 is 3. The molecule has 0 spiro atoms. The number of hydrogen-bond donors (Lipinski definition) is 0. The number of aryl methyl sites for hydroxylation is 1. The fraction of sp³-hybridized carbons (Fsp3) is 0.250. The number of ether oxygens (including phenoxy) is 3. The first-order valence-corrected chi connectivity index (χ1v) is 11.7. The van der Waals surface area contributed by atoms with Gasteiger partial charge in [-0.25, -0.2) is 9.97 Å². The predicted octanol–water partition coefficient (Wildman–Crippen LogP) is 4.26. The molecule has 1 aliphatic heterocycles. The van der Waals surface area contributed by atoms with Gasteiger partial charge in [0.15, 0.2) is 11.5 Å². The Balaban J connectivity index is 1.51. The second kappa shape index (κ2) is 9.73. The van der Waals surface area contributed by atoms with E-state index in [0.29, 0.717) is 30.5 Å².